The van der Waals surface area contributed by atoms with E-state index in [9.17, 15) is 0 Å². The van der Waals surface area contributed by atoms with Crippen LogP contribution in [0.15, 0.2) is 60.7 Å². The second-order valence-electron chi connectivity index (χ2n) is 11.8. The van der Waals surface area contributed by atoms with Gasteiger partial charge in [-0.15, -0.1) is 0 Å². The minimum Gasteiger partial charge on any atom is -0.0654 e. The summed E-state index contributed by atoms with van der Waals surface area (Å²) in [6.07, 6.45) is 18.9. The Morgan fingerprint density at radius 1 is 0.486 bits per heavy atom. The third-order valence-corrected chi connectivity index (χ3v) is 8.78. The molecule has 0 unspecified atom stereocenters. The second kappa shape index (κ2) is 13.5. The number of unbranched alkanes of at least 4 members (excludes halogenated alkanes) is 10. The Bertz CT molecular complexity index is 1120. The predicted octanol–water partition coefficient (Wildman–Crippen LogP) is 11.7. The Morgan fingerprint density at radius 3 is 1.62 bits per heavy atom. The molecular formula is C37H50. The highest BCUT2D eigenvalue weighted by atomic mass is 14.4. The molecular weight excluding hydrogens is 444 g/mol. The number of aryl methyl sites for hydroxylation is 2. The van der Waals surface area contributed by atoms with Gasteiger partial charge in [-0.1, -0.05) is 157 Å². The molecule has 1 aliphatic carbocycles. The zero-order chi connectivity index (χ0) is 26.1. The van der Waals surface area contributed by atoms with Gasteiger partial charge in [0.25, 0.3) is 0 Å². The monoisotopic (exact) mass is 494 g/mol. The first-order valence-electron chi connectivity index (χ1n) is 15.4. The van der Waals surface area contributed by atoms with Gasteiger partial charge in [-0.2, -0.15) is 0 Å². The van der Waals surface area contributed by atoms with Crippen molar-refractivity contribution in [3.8, 4) is 22.3 Å². The first-order valence-corrected chi connectivity index (χ1v) is 15.4. The summed E-state index contributed by atoms with van der Waals surface area (Å²) in [7, 11) is 0. The van der Waals surface area contributed by atoms with E-state index >= 15 is 0 Å². The SMILES string of the molecule is CCCCCCCCC1(CCCCCCCC)c2cc(C)ccc2-c2ccc(-c3cccc(C)c3)cc21. The highest BCUT2D eigenvalue weighted by Crippen LogP contribution is 2.55. The fourth-order valence-electron chi connectivity index (χ4n) is 6.69. The van der Waals surface area contributed by atoms with Crippen LogP contribution in [-0.2, 0) is 5.41 Å². The van der Waals surface area contributed by atoms with E-state index in [1.165, 1.54) is 123 Å². The average molecular weight is 495 g/mol. The topological polar surface area (TPSA) is 0 Å². The third kappa shape index (κ3) is 6.57. The summed E-state index contributed by atoms with van der Waals surface area (Å²) in [5.74, 6) is 0. The maximum atomic E-state index is 2.58. The second-order valence-corrected chi connectivity index (χ2v) is 11.8. The van der Waals surface area contributed by atoms with Crippen molar-refractivity contribution in [1.82, 2.24) is 0 Å². The summed E-state index contributed by atoms with van der Waals surface area (Å²) in [6, 6.07) is 23.7. The smallest absolute Gasteiger partial charge is 0.0215 e. The van der Waals surface area contributed by atoms with Crippen molar-refractivity contribution in [2.75, 3.05) is 0 Å². The Morgan fingerprint density at radius 2 is 1.00 bits per heavy atom. The van der Waals surface area contributed by atoms with Gasteiger partial charge in [0, 0.05) is 5.41 Å². The van der Waals surface area contributed by atoms with Gasteiger partial charge < -0.3 is 0 Å². The average Bonchev–Trinajstić information content (AvgIpc) is 3.16. The van der Waals surface area contributed by atoms with Gasteiger partial charge in [-0.3, -0.25) is 0 Å². The standard InChI is InChI=1S/C37H50/c1-5-7-9-11-13-15-24-37(25-16-14-12-10-8-6-2)35-27-30(4)20-22-33(35)34-23-21-32(28-36(34)37)31-19-17-18-29(3)26-31/h17-23,26-28H,5-16,24-25H2,1-4H3. The van der Waals surface area contributed by atoms with Crippen molar-refractivity contribution in [2.24, 2.45) is 0 Å². The predicted molar refractivity (Wildman–Crippen MR) is 164 cm³/mol. The van der Waals surface area contributed by atoms with E-state index < -0.39 is 0 Å². The van der Waals surface area contributed by atoms with E-state index in [0.29, 0.717) is 0 Å². The lowest BCUT2D eigenvalue weighted by atomic mass is 9.70. The Balaban J connectivity index is 1.70. The molecule has 3 aromatic carbocycles. The molecule has 0 atom stereocenters. The highest BCUT2D eigenvalue weighted by Gasteiger charge is 2.42. The van der Waals surface area contributed by atoms with Crippen molar-refractivity contribution in [3.05, 3.63) is 82.9 Å². The molecule has 0 heterocycles. The molecule has 0 bridgehead atoms. The molecule has 1 aliphatic rings. The van der Waals surface area contributed by atoms with Crippen LogP contribution in [0.25, 0.3) is 22.3 Å². The lowest BCUT2D eigenvalue weighted by Crippen LogP contribution is -2.25. The first-order chi connectivity index (χ1) is 18.1. The molecule has 3 aromatic rings. The van der Waals surface area contributed by atoms with Crippen molar-refractivity contribution in [3.63, 3.8) is 0 Å². The van der Waals surface area contributed by atoms with Gasteiger partial charge in [0.15, 0.2) is 0 Å². The Labute approximate surface area is 227 Å². The van der Waals surface area contributed by atoms with Gasteiger partial charge >= 0.3 is 0 Å². The minimum absolute atomic E-state index is 0.159. The number of benzene rings is 3. The van der Waals surface area contributed by atoms with E-state index in [4.69, 9.17) is 0 Å². The molecule has 0 radical (unpaired) electrons. The molecule has 0 fully saturated rings. The van der Waals surface area contributed by atoms with Crippen LogP contribution in [0.3, 0.4) is 0 Å². The van der Waals surface area contributed by atoms with Crippen LogP contribution in [-0.4, -0.2) is 0 Å². The fourth-order valence-corrected chi connectivity index (χ4v) is 6.69. The van der Waals surface area contributed by atoms with Gasteiger partial charge in [-0.25, -0.2) is 0 Å². The van der Waals surface area contributed by atoms with Crippen LogP contribution >= 0.6 is 0 Å². The molecule has 37 heavy (non-hydrogen) atoms. The summed E-state index contributed by atoms with van der Waals surface area (Å²) in [5, 5.41) is 0. The lowest BCUT2D eigenvalue weighted by molar-refractivity contribution is 0.398. The van der Waals surface area contributed by atoms with Crippen LogP contribution in [0.5, 0.6) is 0 Å². The number of hydrogen-bond donors (Lipinski definition) is 0. The zero-order valence-electron chi connectivity index (χ0n) is 24.2. The summed E-state index contributed by atoms with van der Waals surface area (Å²) < 4.78 is 0. The number of hydrogen-bond acceptors (Lipinski definition) is 0. The van der Waals surface area contributed by atoms with E-state index in [0.717, 1.165) is 0 Å². The van der Waals surface area contributed by atoms with Crippen LogP contribution in [0.1, 0.15) is 126 Å². The molecule has 0 nitrogen and oxygen atoms in total. The molecule has 4 rings (SSSR count). The maximum absolute atomic E-state index is 2.58. The zero-order valence-corrected chi connectivity index (χ0v) is 24.2. The van der Waals surface area contributed by atoms with Crippen molar-refractivity contribution in [2.45, 2.75) is 123 Å². The van der Waals surface area contributed by atoms with Crippen molar-refractivity contribution in [1.29, 1.82) is 0 Å². The summed E-state index contributed by atoms with van der Waals surface area (Å²) >= 11 is 0. The molecule has 0 saturated carbocycles. The highest BCUT2D eigenvalue weighted by molar-refractivity contribution is 5.84. The van der Waals surface area contributed by atoms with Gasteiger partial charge in [0.1, 0.15) is 0 Å². The summed E-state index contributed by atoms with van der Waals surface area (Å²) in [6.45, 7) is 9.12. The molecule has 0 spiro atoms. The van der Waals surface area contributed by atoms with Crippen LogP contribution in [0.4, 0.5) is 0 Å². The van der Waals surface area contributed by atoms with Gasteiger partial charge in [0.2, 0.25) is 0 Å². The number of rotatable bonds is 15. The van der Waals surface area contributed by atoms with E-state index in [2.05, 4.69) is 88.4 Å². The largest absolute Gasteiger partial charge is 0.0654 e. The lowest BCUT2D eigenvalue weighted by Gasteiger charge is -2.33. The van der Waals surface area contributed by atoms with Crippen LogP contribution in [0.2, 0.25) is 0 Å². The quantitative estimate of drug-likeness (QED) is 0.184. The molecule has 0 saturated heterocycles. The van der Waals surface area contributed by atoms with Gasteiger partial charge in [0.05, 0.1) is 0 Å². The number of fused-ring (bicyclic) bond motifs is 3. The summed E-state index contributed by atoms with van der Waals surface area (Å²) in [4.78, 5) is 0. The van der Waals surface area contributed by atoms with Gasteiger partial charge in [-0.05, 0) is 66.1 Å². The molecule has 0 aromatic heterocycles. The van der Waals surface area contributed by atoms with Crippen molar-refractivity contribution < 1.29 is 0 Å². The summed E-state index contributed by atoms with van der Waals surface area (Å²) in [5.41, 5.74) is 11.8. The molecule has 0 N–H and O–H groups in total. The minimum atomic E-state index is 0.159. The Hall–Kier alpha value is -2.34. The normalized spacial score (nSPS) is 13.5. The molecule has 0 aliphatic heterocycles. The van der Waals surface area contributed by atoms with Crippen LogP contribution < -0.4 is 0 Å². The third-order valence-electron chi connectivity index (χ3n) is 8.78. The maximum Gasteiger partial charge on any atom is 0.0215 e. The van der Waals surface area contributed by atoms with Crippen molar-refractivity contribution >= 4 is 0 Å². The molecule has 198 valence electrons. The van der Waals surface area contributed by atoms with E-state index in [-0.39, 0.29) is 5.41 Å². The molecule has 0 heteroatoms. The van der Waals surface area contributed by atoms with E-state index in [1.807, 2.05) is 0 Å². The molecule has 0 amide bonds. The van der Waals surface area contributed by atoms with E-state index in [1.54, 1.807) is 11.1 Å². The fraction of sp³-hybridized carbons (Fsp3) is 0.514. The first kappa shape index (κ1) is 27.7. The van der Waals surface area contributed by atoms with Crippen LogP contribution in [0, 0.1) is 13.8 Å². The Kier molecular flexibility index (Phi) is 10.1.